The van der Waals surface area contributed by atoms with E-state index >= 15 is 0 Å². The third-order valence-electron chi connectivity index (χ3n) is 2.92. The number of rotatable bonds is 2. The van der Waals surface area contributed by atoms with E-state index in [2.05, 4.69) is 15.9 Å². The zero-order chi connectivity index (χ0) is 12.5. The topological polar surface area (TPSA) is 35.5 Å². The van der Waals surface area contributed by atoms with Gasteiger partial charge in [-0.3, -0.25) is 4.79 Å². The van der Waals surface area contributed by atoms with E-state index in [-0.39, 0.29) is 5.97 Å². The van der Waals surface area contributed by atoms with E-state index in [9.17, 15) is 4.79 Å². The number of ether oxygens (including phenoxy) is 2. The molecular weight excluding hydrogens is 284 g/mol. The molecule has 92 valence electrons. The molecule has 1 aliphatic rings. The minimum Gasteiger partial charge on any atom is -0.492 e. The molecule has 0 bridgehead atoms. The van der Waals surface area contributed by atoms with Gasteiger partial charge in [-0.25, -0.2) is 0 Å². The normalized spacial score (nSPS) is 22.5. The molecule has 0 fully saturated rings. The summed E-state index contributed by atoms with van der Waals surface area (Å²) in [6, 6.07) is 5.85. The first-order valence-corrected chi connectivity index (χ1v) is 6.43. The van der Waals surface area contributed by atoms with Gasteiger partial charge in [0.25, 0.3) is 0 Å². The second-order valence-electron chi connectivity index (χ2n) is 4.50. The van der Waals surface area contributed by atoms with Gasteiger partial charge in [-0.2, -0.15) is 0 Å². The molecule has 17 heavy (non-hydrogen) atoms. The van der Waals surface area contributed by atoms with E-state index in [1.54, 1.807) is 0 Å². The van der Waals surface area contributed by atoms with Crippen molar-refractivity contribution in [2.75, 3.05) is 13.2 Å². The standard InChI is InChI=1S/C13H15BrO3/c1-3-16-12(15)13(2)7-9-6-10(14)4-5-11(9)17-8-13/h4-6H,3,7-8H2,1-2H3. The van der Waals surface area contributed by atoms with Gasteiger partial charge in [0, 0.05) is 4.47 Å². The van der Waals surface area contributed by atoms with Gasteiger partial charge in [-0.05, 0) is 44.0 Å². The Bertz CT molecular complexity index is 444. The van der Waals surface area contributed by atoms with Crippen molar-refractivity contribution in [3.8, 4) is 5.75 Å². The number of benzene rings is 1. The van der Waals surface area contributed by atoms with Crippen LogP contribution < -0.4 is 4.74 Å². The van der Waals surface area contributed by atoms with E-state index in [1.165, 1.54) is 0 Å². The molecule has 0 amide bonds. The van der Waals surface area contributed by atoms with Crippen LogP contribution in [0.4, 0.5) is 0 Å². The van der Waals surface area contributed by atoms with Gasteiger partial charge in [-0.15, -0.1) is 0 Å². The number of hydrogen-bond donors (Lipinski definition) is 0. The zero-order valence-corrected chi connectivity index (χ0v) is 11.5. The number of esters is 1. The highest BCUT2D eigenvalue weighted by Crippen LogP contribution is 2.36. The molecule has 0 N–H and O–H groups in total. The number of halogens is 1. The number of fused-ring (bicyclic) bond motifs is 1. The largest absolute Gasteiger partial charge is 0.492 e. The maximum Gasteiger partial charge on any atom is 0.315 e. The summed E-state index contributed by atoms with van der Waals surface area (Å²) in [6.45, 7) is 4.48. The molecule has 1 aromatic rings. The quantitative estimate of drug-likeness (QED) is 0.788. The Balaban J connectivity index is 2.25. The second-order valence-corrected chi connectivity index (χ2v) is 5.41. The van der Waals surface area contributed by atoms with Crippen LogP contribution in [0.2, 0.25) is 0 Å². The van der Waals surface area contributed by atoms with Crippen LogP contribution >= 0.6 is 15.9 Å². The van der Waals surface area contributed by atoms with Crippen LogP contribution in [0, 0.1) is 5.41 Å². The molecule has 2 rings (SSSR count). The van der Waals surface area contributed by atoms with Crippen molar-refractivity contribution in [1.29, 1.82) is 0 Å². The first-order valence-electron chi connectivity index (χ1n) is 5.63. The first kappa shape index (κ1) is 12.4. The highest BCUT2D eigenvalue weighted by Gasteiger charge is 2.39. The Hall–Kier alpha value is -1.03. The summed E-state index contributed by atoms with van der Waals surface area (Å²) in [6.07, 6.45) is 0.653. The highest BCUT2D eigenvalue weighted by atomic mass is 79.9. The summed E-state index contributed by atoms with van der Waals surface area (Å²) in [5.74, 6) is 0.667. The van der Waals surface area contributed by atoms with Crippen molar-refractivity contribution in [3.05, 3.63) is 28.2 Å². The summed E-state index contributed by atoms with van der Waals surface area (Å²) >= 11 is 3.42. The lowest BCUT2D eigenvalue weighted by Gasteiger charge is -2.32. The monoisotopic (exact) mass is 298 g/mol. The van der Waals surface area contributed by atoms with Crippen LogP contribution in [0.5, 0.6) is 5.75 Å². The molecule has 0 saturated carbocycles. The summed E-state index contributed by atoms with van der Waals surface area (Å²) < 4.78 is 11.7. The van der Waals surface area contributed by atoms with Gasteiger partial charge < -0.3 is 9.47 Å². The summed E-state index contributed by atoms with van der Waals surface area (Å²) in [5.41, 5.74) is 0.463. The molecule has 1 atom stereocenters. The van der Waals surface area contributed by atoms with Crippen LogP contribution in [0.15, 0.2) is 22.7 Å². The van der Waals surface area contributed by atoms with Crippen LogP contribution in [0.25, 0.3) is 0 Å². The van der Waals surface area contributed by atoms with E-state index in [0.717, 1.165) is 15.8 Å². The van der Waals surface area contributed by atoms with Crippen molar-refractivity contribution >= 4 is 21.9 Å². The van der Waals surface area contributed by atoms with Crippen LogP contribution in [-0.4, -0.2) is 19.2 Å². The fourth-order valence-electron chi connectivity index (χ4n) is 1.97. The predicted molar refractivity (Wildman–Crippen MR) is 68.1 cm³/mol. The van der Waals surface area contributed by atoms with Crippen molar-refractivity contribution in [3.63, 3.8) is 0 Å². The van der Waals surface area contributed by atoms with Gasteiger partial charge in [0.15, 0.2) is 0 Å². The van der Waals surface area contributed by atoms with Crippen LogP contribution in [0.3, 0.4) is 0 Å². The fraction of sp³-hybridized carbons (Fsp3) is 0.462. The fourth-order valence-corrected chi connectivity index (χ4v) is 2.38. The Morgan fingerprint density at radius 3 is 3.06 bits per heavy atom. The summed E-state index contributed by atoms with van der Waals surface area (Å²) in [7, 11) is 0. The van der Waals surface area contributed by atoms with E-state index in [4.69, 9.17) is 9.47 Å². The number of carbonyl (C=O) groups is 1. The van der Waals surface area contributed by atoms with Crippen molar-refractivity contribution in [1.82, 2.24) is 0 Å². The summed E-state index contributed by atoms with van der Waals surface area (Å²) in [4.78, 5) is 11.9. The molecule has 1 aliphatic heterocycles. The summed E-state index contributed by atoms with van der Waals surface area (Å²) in [5, 5.41) is 0. The Kier molecular flexibility index (Phi) is 3.43. The van der Waals surface area contributed by atoms with Gasteiger partial charge in [-0.1, -0.05) is 15.9 Å². The van der Waals surface area contributed by atoms with Gasteiger partial charge in [0.05, 0.1) is 6.61 Å². The molecule has 1 heterocycles. The molecule has 0 radical (unpaired) electrons. The average molecular weight is 299 g/mol. The Morgan fingerprint density at radius 1 is 1.59 bits per heavy atom. The van der Waals surface area contributed by atoms with Gasteiger partial charge in [0.1, 0.15) is 17.8 Å². The van der Waals surface area contributed by atoms with Crippen LogP contribution in [0.1, 0.15) is 19.4 Å². The lowest BCUT2D eigenvalue weighted by Crippen LogP contribution is -2.40. The molecule has 1 unspecified atom stereocenters. The van der Waals surface area contributed by atoms with Crippen molar-refractivity contribution in [2.45, 2.75) is 20.3 Å². The van der Waals surface area contributed by atoms with E-state index in [0.29, 0.717) is 19.6 Å². The molecule has 0 saturated heterocycles. The average Bonchev–Trinajstić information content (AvgIpc) is 2.28. The maximum atomic E-state index is 11.9. The zero-order valence-electron chi connectivity index (χ0n) is 9.96. The van der Waals surface area contributed by atoms with Crippen molar-refractivity contribution < 1.29 is 14.3 Å². The Morgan fingerprint density at radius 2 is 2.35 bits per heavy atom. The number of carbonyl (C=O) groups excluding carboxylic acids is 1. The second kappa shape index (κ2) is 4.69. The third kappa shape index (κ3) is 2.46. The third-order valence-corrected chi connectivity index (χ3v) is 3.41. The SMILES string of the molecule is CCOC(=O)C1(C)COc2ccc(Br)cc2C1. The highest BCUT2D eigenvalue weighted by molar-refractivity contribution is 9.10. The number of hydrogen-bond acceptors (Lipinski definition) is 3. The molecule has 1 aromatic carbocycles. The molecule has 0 aliphatic carbocycles. The molecule has 3 nitrogen and oxygen atoms in total. The molecule has 0 aromatic heterocycles. The lowest BCUT2D eigenvalue weighted by molar-refractivity contribution is -0.156. The molecular formula is C13H15BrO3. The van der Waals surface area contributed by atoms with Crippen molar-refractivity contribution in [2.24, 2.45) is 5.41 Å². The van der Waals surface area contributed by atoms with Gasteiger partial charge >= 0.3 is 5.97 Å². The molecule has 0 spiro atoms. The smallest absolute Gasteiger partial charge is 0.315 e. The lowest BCUT2D eigenvalue weighted by atomic mass is 9.82. The predicted octanol–water partition coefficient (Wildman–Crippen LogP) is 2.95. The Labute approximate surface area is 109 Å². The van der Waals surface area contributed by atoms with E-state index < -0.39 is 5.41 Å². The minimum atomic E-state index is -0.580. The first-order chi connectivity index (χ1) is 8.05. The van der Waals surface area contributed by atoms with Gasteiger partial charge in [0.2, 0.25) is 0 Å². The van der Waals surface area contributed by atoms with Crippen LogP contribution in [-0.2, 0) is 16.0 Å². The van der Waals surface area contributed by atoms with E-state index in [1.807, 2.05) is 32.0 Å². The minimum absolute atomic E-state index is 0.189. The maximum absolute atomic E-state index is 11.9. The molecule has 4 heteroatoms.